The minimum Gasteiger partial charge on any atom is -0.337 e. The minimum atomic E-state index is -3.26. The van der Waals surface area contributed by atoms with Gasteiger partial charge in [-0.2, -0.15) is 0 Å². The van der Waals surface area contributed by atoms with Crippen molar-refractivity contribution in [2.24, 2.45) is 11.7 Å². The van der Waals surface area contributed by atoms with Crippen molar-refractivity contribution in [3.63, 3.8) is 0 Å². The zero-order valence-corrected chi connectivity index (χ0v) is 13.3. The summed E-state index contributed by atoms with van der Waals surface area (Å²) in [7, 11) is -3.26. The number of amides is 1. The molecule has 1 aliphatic heterocycles. The van der Waals surface area contributed by atoms with Gasteiger partial charge in [0, 0.05) is 19.1 Å². The smallest absolute Gasteiger partial charge is 0.238 e. The first kappa shape index (κ1) is 18.7. The quantitative estimate of drug-likeness (QED) is 0.815. The van der Waals surface area contributed by atoms with Crippen LogP contribution in [0.2, 0.25) is 0 Å². The molecular formula is C12H25ClN2O3S. The van der Waals surface area contributed by atoms with Gasteiger partial charge >= 0.3 is 0 Å². The Labute approximate surface area is 122 Å². The molecule has 0 aromatic heterocycles. The third kappa shape index (κ3) is 5.28. The van der Waals surface area contributed by atoms with Crippen LogP contribution in [-0.2, 0) is 14.6 Å². The Morgan fingerprint density at radius 1 is 1.42 bits per heavy atom. The molecule has 2 N–H and O–H groups in total. The number of carbonyl (C=O) groups is 1. The van der Waals surface area contributed by atoms with Gasteiger partial charge in [0.2, 0.25) is 5.91 Å². The van der Waals surface area contributed by atoms with Crippen LogP contribution >= 0.6 is 12.4 Å². The summed E-state index contributed by atoms with van der Waals surface area (Å²) < 4.78 is 23.4. The SMILES string of the molecule is CCCS(=O)(=O)CC(=O)N1CCCC(C)C1CN.Cl. The molecule has 7 heteroatoms. The van der Waals surface area contributed by atoms with Gasteiger partial charge in [-0.25, -0.2) is 8.42 Å². The number of rotatable bonds is 5. The number of piperidine rings is 1. The number of hydrogen-bond donors (Lipinski definition) is 1. The molecule has 0 saturated carbocycles. The highest BCUT2D eigenvalue weighted by Gasteiger charge is 2.32. The van der Waals surface area contributed by atoms with Crippen LogP contribution in [0.1, 0.15) is 33.1 Å². The number of nitrogens with two attached hydrogens (primary N) is 1. The molecular weight excluding hydrogens is 288 g/mol. The topological polar surface area (TPSA) is 80.5 Å². The van der Waals surface area contributed by atoms with Gasteiger partial charge in [0.1, 0.15) is 5.75 Å². The van der Waals surface area contributed by atoms with E-state index in [2.05, 4.69) is 6.92 Å². The average molecular weight is 313 g/mol. The summed E-state index contributed by atoms with van der Waals surface area (Å²) >= 11 is 0. The summed E-state index contributed by atoms with van der Waals surface area (Å²) in [4.78, 5) is 13.8. The van der Waals surface area contributed by atoms with Crippen molar-refractivity contribution in [1.82, 2.24) is 4.90 Å². The molecule has 0 aromatic carbocycles. The van der Waals surface area contributed by atoms with Crippen LogP contribution in [-0.4, -0.2) is 49.9 Å². The van der Waals surface area contributed by atoms with Crippen LogP contribution in [0.15, 0.2) is 0 Å². The lowest BCUT2D eigenvalue weighted by Crippen LogP contribution is -2.52. The summed E-state index contributed by atoms with van der Waals surface area (Å²) in [6.45, 7) is 4.90. The first-order valence-electron chi connectivity index (χ1n) is 6.61. The maximum absolute atomic E-state index is 12.1. The Balaban J connectivity index is 0.00000324. The van der Waals surface area contributed by atoms with E-state index in [-0.39, 0.29) is 35.9 Å². The van der Waals surface area contributed by atoms with Crippen LogP contribution in [0, 0.1) is 5.92 Å². The van der Waals surface area contributed by atoms with E-state index < -0.39 is 9.84 Å². The molecule has 1 amide bonds. The van der Waals surface area contributed by atoms with Crippen LogP contribution in [0.5, 0.6) is 0 Å². The van der Waals surface area contributed by atoms with Gasteiger partial charge in [-0.15, -0.1) is 12.4 Å². The summed E-state index contributed by atoms with van der Waals surface area (Å²) in [6, 6.07) is -0.0110. The van der Waals surface area contributed by atoms with E-state index in [4.69, 9.17) is 5.73 Å². The molecule has 0 radical (unpaired) electrons. The lowest BCUT2D eigenvalue weighted by molar-refractivity contribution is -0.133. The van der Waals surface area contributed by atoms with Crippen molar-refractivity contribution in [3.8, 4) is 0 Å². The van der Waals surface area contributed by atoms with E-state index in [1.807, 2.05) is 0 Å². The molecule has 0 aliphatic carbocycles. The molecule has 1 saturated heterocycles. The van der Waals surface area contributed by atoms with Crippen molar-refractivity contribution >= 4 is 28.2 Å². The molecule has 1 rings (SSSR count). The van der Waals surface area contributed by atoms with Crippen molar-refractivity contribution in [3.05, 3.63) is 0 Å². The predicted molar refractivity (Wildman–Crippen MR) is 79.1 cm³/mol. The normalized spacial score (nSPS) is 23.8. The number of sulfone groups is 1. The molecule has 2 unspecified atom stereocenters. The highest BCUT2D eigenvalue weighted by molar-refractivity contribution is 7.92. The maximum Gasteiger partial charge on any atom is 0.238 e. The fraction of sp³-hybridized carbons (Fsp3) is 0.917. The van der Waals surface area contributed by atoms with Crippen LogP contribution in [0.25, 0.3) is 0 Å². The van der Waals surface area contributed by atoms with E-state index >= 15 is 0 Å². The maximum atomic E-state index is 12.1. The second kappa shape index (κ2) is 8.07. The highest BCUT2D eigenvalue weighted by Crippen LogP contribution is 2.22. The number of nitrogens with zero attached hydrogens (tertiary/aromatic N) is 1. The first-order valence-corrected chi connectivity index (χ1v) is 8.43. The van der Waals surface area contributed by atoms with Crippen molar-refractivity contribution in [2.45, 2.75) is 39.2 Å². The Morgan fingerprint density at radius 3 is 2.58 bits per heavy atom. The van der Waals surface area contributed by atoms with Gasteiger partial charge < -0.3 is 10.6 Å². The average Bonchev–Trinajstić information content (AvgIpc) is 2.27. The molecule has 5 nitrogen and oxygen atoms in total. The van der Waals surface area contributed by atoms with Crippen molar-refractivity contribution in [2.75, 3.05) is 24.6 Å². The van der Waals surface area contributed by atoms with E-state index in [0.717, 1.165) is 12.8 Å². The van der Waals surface area contributed by atoms with Gasteiger partial charge in [0.05, 0.1) is 5.75 Å². The summed E-state index contributed by atoms with van der Waals surface area (Å²) in [5.41, 5.74) is 5.70. The van der Waals surface area contributed by atoms with Crippen molar-refractivity contribution in [1.29, 1.82) is 0 Å². The standard InChI is InChI=1S/C12H24N2O3S.ClH/c1-3-7-18(16,17)9-12(15)14-6-4-5-10(2)11(14)8-13;/h10-11H,3-9,13H2,1-2H3;1H. The van der Waals surface area contributed by atoms with Crippen LogP contribution in [0.4, 0.5) is 0 Å². The van der Waals surface area contributed by atoms with E-state index in [9.17, 15) is 13.2 Å². The molecule has 19 heavy (non-hydrogen) atoms. The van der Waals surface area contributed by atoms with Gasteiger partial charge in [-0.1, -0.05) is 13.8 Å². The van der Waals surface area contributed by atoms with E-state index in [1.54, 1.807) is 11.8 Å². The number of carbonyl (C=O) groups excluding carboxylic acids is 1. The molecule has 1 heterocycles. The Hall–Kier alpha value is -0.330. The van der Waals surface area contributed by atoms with Gasteiger partial charge in [-0.05, 0) is 25.2 Å². The molecule has 1 aliphatic rings. The van der Waals surface area contributed by atoms with Crippen molar-refractivity contribution < 1.29 is 13.2 Å². The number of hydrogen-bond acceptors (Lipinski definition) is 4. The zero-order chi connectivity index (χ0) is 13.8. The van der Waals surface area contributed by atoms with Crippen LogP contribution in [0.3, 0.4) is 0 Å². The molecule has 0 bridgehead atoms. The van der Waals surface area contributed by atoms with Gasteiger partial charge in [0.15, 0.2) is 9.84 Å². The second-order valence-corrected chi connectivity index (χ2v) is 7.29. The van der Waals surface area contributed by atoms with E-state index in [0.29, 0.717) is 25.4 Å². The summed E-state index contributed by atoms with van der Waals surface area (Å²) in [5.74, 6) is -0.230. The molecule has 2 atom stereocenters. The van der Waals surface area contributed by atoms with Crippen LogP contribution < -0.4 is 5.73 Å². The zero-order valence-electron chi connectivity index (χ0n) is 11.7. The first-order chi connectivity index (χ1) is 8.41. The third-order valence-electron chi connectivity index (χ3n) is 3.54. The minimum absolute atomic E-state index is 0. The summed E-state index contributed by atoms with van der Waals surface area (Å²) in [5, 5.41) is 0. The van der Waals surface area contributed by atoms with E-state index in [1.165, 1.54) is 0 Å². The largest absolute Gasteiger partial charge is 0.337 e. The van der Waals surface area contributed by atoms with Gasteiger partial charge in [0.25, 0.3) is 0 Å². The molecule has 1 fully saturated rings. The molecule has 0 aromatic rings. The monoisotopic (exact) mass is 312 g/mol. The van der Waals surface area contributed by atoms with Gasteiger partial charge in [-0.3, -0.25) is 4.79 Å². The molecule has 0 spiro atoms. The predicted octanol–water partition coefficient (Wildman–Crippen LogP) is 0.819. The fourth-order valence-corrected chi connectivity index (χ4v) is 3.88. The third-order valence-corrected chi connectivity index (χ3v) is 5.25. The fourth-order valence-electron chi connectivity index (χ4n) is 2.57. The number of likely N-dealkylation sites (tertiary alicyclic amines) is 1. The molecule has 114 valence electrons. The Morgan fingerprint density at radius 2 is 2.05 bits per heavy atom. The lowest BCUT2D eigenvalue weighted by Gasteiger charge is -2.39. The summed E-state index contributed by atoms with van der Waals surface area (Å²) in [6.07, 6.45) is 2.52. The second-order valence-electron chi connectivity index (χ2n) is 5.10. The highest BCUT2D eigenvalue weighted by atomic mass is 35.5. The Kier molecular flexibility index (Phi) is 7.93. The number of halogens is 1. The Bertz CT molecular complexity index is 386. The lowest BCUT2D eigenvalue weighted by atomic mass is 9.91.